The highest BCUT2D eigenvalue weighted by Crippen LogP contribution is 2.33. The van der Waals surface area contributed by atoms with E-state index in [-0.39, 0.29) is 11.8 Å². The minimum absolute atomic E-state index is 0.122. The molecule has 1 unspecified atom stereocenters. The molecule has 4 rings (SSSR count). The highest BCUT2D eigenvalue weighted by Gasteiger charge is 2.46. The number of hydrogen-bond acceptors (Lipinski definition) is 3. The van der Waals surface area contributed by atoms with E-state index in [1.54, 1.807) is 12.0 Å². The largest absolute Gasteiger partial charge is 0.496 e. The molecule has 0 saturated heterocycles. The summed E-state index contributed by atoms with van der Waals surface area (Å²) in [6.45, 7) is 4.57. The molecular formula is C27H28N2O3. The predicted octanol–water partition coefficient (Wildman–Crippen LogP) is 4.28. The number of ether oxygens (including phenoxy) is 1. The van der Waals surface area contributed by atoms with Crippen LogP contribution in [0.15, 0.2) is 72.8 Å². The molecule has 0 aromatic heterocycles. The normalized spacial score (nSPS) is 17.6. The van der Waals surface area contributed by atoms with Crippen molar-refractivity contribution in [2.24, 2.45) is 0 Å². The van der Waals surface area contributed by atoms with E-state index >= 15 is 0 Å². The lowest BCUT2D eigenvalue weighted by Crippen LogP contribution is -2.62. The summed E-state index contributed by atoms with van der Waals surface area (Å²) in [4.78, 5) is 28.8. The Morgan fingerprint density at radius 3 is 2.59 bits per heavy atom. The molecule has 1 N–H and O–H groups in total. The summed E-state index contributed by atoms with van der Waals surface area (Å²) >= 11 is 0. The number of nitrogens with zero attached hydrogens (tertiary/aromatic N) is 1. The molecule has 0 aliphatic carbocycles. The van der Waals surface area contributed by atoms with Crippen LogP contribution in [-0.2, 0) is 24.3 Å². The first-order chi connectivity index (χ1) is 15.4. The van der Waals surface area contributed by atoms with Crippen LogP contribution >= 0.6 is 0 Å². The third kappa shape index (κ3) is 4.11. The van der Waals surface area contributed by atoms with Gasteiger partial charge in [0.2, 0.25) is 5.91 Å². The van der Waals surface area contributed by atoms with E-state index in [1.807, 2.05) is 80.6 Å². The fraction of sp³-hybridized carbons (Fsp3) is 0.259. The van der Waals surface area contributed by atoms with Gasteiger partial charge in [0.25, 0.3) is 5.91 Å². The molecule has 1 aliphatic heterocycles. The number of rotatable bonds is 6. The molecule has 1 atom stereocenters. The van der Waals surface area contributed by atoms with Gasteiger partial charge in [-0.15, -0.1) is 0 Å². The first-order valence-corrected chi connectivity index (χ1v) is 10.8. The maximum Gasteiger partial charge on any atom is 0.255 e. The van der Waals surface area contributed by atoms with Gasteiger partial charge in [0.1, 0.15) is 11.3 Å². The fourth-order valence-corrected chi connectivity index (χ4v) is 4.38. The fourth-order valence-electron chi connectivity index (χ4n) is 4.38. The number of aryl methyl sites for hydroxylation is 1. The molecule has 1 aliphatic rings. The van der Waals surface area contributed by atoms with E-state index in [9.17, 15) is 9.59 Å². The standard InChI is InChI=1S/C27H28N2O3/c1-19-9-8-10-20(15-19)18-29-25(30)23-13-6-4-11-21(23)16-27(29,2)26(31)28-17-22-12-5-7-14-24(22)32-3/h4-15H,16-18H2,1-3H3,(H,28,31). The Labute approximate surface area is 189 Å². The molecule has 1 heterocycles. The van der Waals surface area contributed by atoms with Crippen molar-refractivity contribution in [2.45, 2.75) is 38.9 Å². The van der Waals surface area contributed by atoms with Crippen LogP contribution in [0.5, 0.6) is 5.75 Å². The highest BCUT2D eigenvalue weighted by atomic mass is 16.5. The summed E-state index contributed by atoms with van der Waals surface area (Å²) in [5.74, 6) is 0.418. The van der Waals surface area contributed by atoms with E-state index in [0.29, 0.717) is 25.1 Å². The van der Waals surface area contributed by atoms with Crippen molar-refractivity contribution in [3.63, 3.8) is 0 Å². The van der Waals surface area contributed by atoms with Crippen LogP contribution in [0.3, 0.4) is 0 Å². The van der Waals surface area contributed by atoms with E-state index in [0.717, 1.165) is 28.0 Å². The summed E-state index contributed by atoms with van der Waals surface area (Å²) in [6, 6.07) is 23.2. The lowest BCUT2D eigenvalue weighted by atomic mass is 9.82. The maximum atomic E-state index is 13.6. The number of fused-ring (bicyclic) bond motifs is 1. The van der Waals surface area contributed by atoms with Crippen molar-refractivity contribution in [2.75, 3.05) is 7.11 Å². The van der Waals surface area contributed by atoms with E-state index < -0.39 is 5.54 Å². The van der Waals surface area contributed by atoms with Gasteiger partial charge < -0.3 is 15.0 Å². The van der Waals surface area contributed by atoms with Gasteiger partial charge in [-0.2, -0.15) is 0 Å². The Morgan fingerprint density at radius 2 is 1.81 bits per heavy atom. The molecule has 3 aromatic rings. The quantitative estimate of drug-likeness (QED) is 0.638. The van der Waals surface area contributed by atoms with Gasteiger partial charge in [0, 0.05) is 30.6 Å². The van der Waals surface area contributed by atoms with E-state index in [1.165, 1.54) is 0 Å². The van der Waals surface area contributed by atoms with Crippen LogP contribution in [-0.4, -0.2) is 29.4 Å². The highest BCUT2D eigenvalue weighted by molar-refractivity contribution is 6.02. The second-order valence-electron chi connectivity index (χ2n) is 8.48. The Morgan fingerprint density at radius 1 is 1.06 bits per heavy atom. The van der Waals surface area contributed by atoms with Crippen LogP contribution in [0, 0.1) is 6.92 Å². The zero-order valence-corrected chi connectivity index (χ0v) is 18.7. The van der Waals surface area contributed by atoms with Crippen molar-refractivity contribution in [3.8, 4) is 5.75 Å². The van der Waals surface area contributed by atoms with Gasteiger partial charge in [0.05, 0.1) is 7.11 Å². The molecule has 0 fully saturated rings. The average molecular weight is 429 g/mol. The Bertz CT molecular complexity index is 1160. The summed E-state index contributed by atoms with van der Waals surface area (Å²) in [7, 11) is 1.61. The summed E-state index contributed by atoms with van der Waals surface area (Å²) in [6.07, 6.45) is 0.457. The smallest absolute Gasteiger partial charge is 0.255 e. The monoisotopic (exact) mass is 428 g/mol. The van der Waals surface area contributed by atoms with Crippen molar-refractivity contribution in [3.05, 3.63) is 101 Å². The number of benzene rings is 3. The van der Waals surface area contributed by atoms with Gasteiger partial charge in [-0.3, -0.25) is 9.59 Å². The molecular weight excluding hydrogens is 400 g/mol. The summed E-state index contributed by atoms with van der Waals surface area (Å²) < 4.78 is 5.41. The number of carbonyl (C=O) groups is 2. The Balaban J connectivity index is 1.65. The zero-order chi connectivity index (χ0) is 22.7. The van der Waals surface area contributed by atoms with Crippen LogP contribution in [0.4, 0.5) is 0 Å². The minimum atomic E-state index is -1.02. The number of nitrogens with one attached hydrogen (secondary N) is 1. The predicted molar refractivity (Wildman–Crippen MR) is 124 cm³/mol. The molecule has 164 valence electrons. The maximum absolute atomic E-state index is 13.6. The van der Waals surface area contributed by atoms with Crippen molar-refractivity contribution < 1.29 is 14.3 Å². The first kappa shape index (κ1) is 21.6. The molecule has 2 amide bonds. The number of para-hydroxylation sites is 1. The lowest BCUT2D eigenvalue weighted by molar-refractivity contribution is -0.132. The van der Waals surface area contributed by atoms with Crippen LogP contribution in [0.25, 0.3) is 0 Å². The van der Waals surface area contributed by atoms with Crippen LogP contribution in [0.1, 0.15) is 39.5 Å². The molecule has 0 spiro atoms. The Kier molecular flexibility index (Phi) is 5.99. The second-order valence-corrected chi connectivity index (χ2v) is 8.48. The third-order valence-corrected chi connectivity index (χ3v) is 6.17. The number of carbonyl (C=O) groups excluding carboxylic acids is 2. The van der Waals surface area contributed by atoms with E-state index in [2.05, 4.69) is 11.4 Å². The van der Waals surface area contributed by atoms with Crippen molar-refractivity contribution in [1.82, 2.24) is 10.2 Å². The SMILES string of the molecule is COc1ccccc1CNC(=O)C1(C)Cc2ccccc2C(=O)N1Cc1cccc(C)c1. The summed E-state index contributed by atoms with van der Waals surface area (Å²) in [5.41, 5.74) is 3.55. The third-order valence-electron chi connectivity index (χ3n) is 6.17. The minimum Gasteiger partial charge on any atom is -0.496 e. The number of amides is 2. The Hall–Kier alpha value is -3.60. The molecule has 5 heteroatoms. The zero-order valence-electron chi connectivity index (χ0n) is 18.7. The number of methoxy groups -OCH3 is 1. The molecule has 0 radical (unpaired) electrons. The van der Waals surface area contributed by atoms with Crippen molar-refractivity contribution in [1.29, 1.82) is 0 Å². The average Bonchev–Trinajstić information content (AvgIpc) is 2.80. The van der Waals surface area contributed by atoms with Gasteiger partial charge in [-0.1, -0.05) is 66.2 Å². The topological polar surface area (TPSA) is 58.6 Å². The van der Waals surface area contributed by atoms with Crippen molar-refractivity contribution >= 4 is 11.8 Å². The van der Waals surface area contributed by atoms with Gasteiger partial charge in [0.15, 0.2) is 0 Å². The van der Waals surface area contributed by atoms with Crippen LogP contribution in [0.2, 0.25) is 0 Å². The van der Waals surface area contributed by atoms with E-state index in [4.69, 9.17) is 4.74 Å². The molecule has 5 nitrogen and oxygen atoms in total. The number of hydrogen-bond donors (Lipinski definition) is 1. The van der Waals surface area contributed by atoms with Gasteiger partial charge in [-0.25, -0.2) is 0 Å². The molecule has 3 aromatic carbocycles. The molecule has 32 heavy (non-hydrogen) atoms. The van der Waals surface area contributed by atoms with Crippen LogP contribution < -0.4 is 10.1 Å². The second kappa shape index (κ2) is 8.87. The molecule has 0 bridgehead atoms. The molecule has 0 saturated carbocycles. The van der Waals surface area contributed by atoms with Gasteiger partial charge >= 0.3 is 0 Å². The first-order valence-electron chi connectivity index (χ1n) is 10.8. The summed E-state index contributed by atoms with van der Waals surface area (Å²) in [5, 5.41) is 3.05. The van der Waals surface area contributed by atoms with Gasteiger partial charge in [-0.05, 0) is 37.1 Å². The lowest BCUT2D eigenvalue weighted by Gasteiger charge is -2.44.